The van der Waals surface area contributed by atoms with Crippen molar-refractivity contribution in [3.05, 3.63) is 71.5 Å². The Balaban J connectivity index is 1.31. The van der Waals surface area contributed by atoms with Gasteiger partial charge in [0, 0.05) is 19.6 Å². The van der Waals surface area contributed by atoms with E-state index < -0.39 is 24.0 Å². The van der Waals surface area contributed by atoms with Crippen molar-refractivity contribution in [1.82, 2.24) is 25.6 Å². The fraction of sp³-hybridized carbons (Fsp3) is 0.292. The Morgan fingerprint density at radius 1 is 1.09 bits per heavy atom. The topological polar surface area (TPSA) is 145 Å². The number of fused-ring (bicyclic) bond motifs is 3. The average Bonchev–Trinajstić information content (AvgIpc) is 3.46. The van der Waals surface area contributed by atoms with Gasteiger partial charge in [-0.05, 0) is 22.3 Å². The number of benzene rings is 2. The summed E-state index contributed by atoms with van der Waals surface area (Å²) >= 11 is 0. The highest BCUT2D eigenvalue weighted by atomic mass is 16.5. The molecular formula is C24H25N5O6. The molecule has 1 aliphatic carbocycles. The zero-order valence-electron chi connectivity index (χ0n) is 19.0. The van der Waals surface area contributed by atoms with Crippen molar-refractivity contribution >= 4 is 18.0 Å². The largest absolute Gasteiger partial charge is 0.476 e. The fourth-order valence-electron chi connectivity index (χ4n) is 4.05. The molecule has 2 amide bonds. The maximum absolute atomic E-state index is 12.6. The van der Waals surface area contributed by atoms with Crippen LogP contribution in [-0.4, -0.2) is 71.0 Å². The molecule has 0 radical (unpaired) electrons. The van der Waals surface area contributed by atoms with Crippen LogP contribution in [0.1, 0.15) is 27.5 Å². The normalized spacial score (nSPS) is 12.9. The van der Waals surface area contributed by atoms with Crippen LogP contribution in [0.25, 0.3) is 11.1 Å². The van der Waals surface area contributed by atoms with Crippen LogP contribution < -0.4 is 10.6 Å². The number of carboxylic acids is 1. The van der Waals surface area contributed by atoms with Gasteiger partial charge in [-0.25, -0.2) is 14.3 Å². The second-order valence-electron chi connectivity index (χ2n) is 7.94. The summed E-state index contributed by atoms with van der Waals surface area (Å²) in [7, 11) is 1.42. The quantitative estimate of drug-likeness (QED) is 0.398. The predicted molar refractivity (Wildman–Crippen MR) is 124 cm³/mol. The van der Waals surface area contributed by atoms with E-state index in [-0.39, 0.29) is 37.9 Å². The van der Waals surface area contributed by atoms with Crippen LogP contribution in [0.15, 0.2) is 54.7 Å². The summed E-state index contributed by atoms with van der Waals surface area (Å²) < 4.78 is 11.9. The van der Waals surface area contributed by atoms with Crippen LogP contribution in [-0.2, 0) is 20.8 Å². The summed E-state index contributed by atoms with van der Waals surface area (Å²) in [6.07, 6.45) is 0.530. The van der Waals surface area contributed by atoms with Crippen LogP contribution in [0.3, 0.4) is 0 Å². The van der Waals surface area contributed by atoms with Gasteiger partial charge in [0.1, 0.15) is 12.6 Å². The van der Waals surface area contributed by atoms with Gasteiger partial charge in [-0.15, -0.1) is 5.10 Å². The highest BCUT2D eigenvalue weighted by Gasteiger charge is 2.29. The SMILES string of the molecule is COCC(NC(=O)OCC1c2ccccc2-c2ccccc21)C(=O)NCCn1cc(C(=O)O)nn1. The van der Waals surface area contributed by atoms with Gasteiger partial charge in [0.15, 0.2) is 5.69 Å². The molecule has 11 nitrogen and oxygen atoms in total. The molecule has 0 spiro atoms. The number of ether oxygens (including phenoxy) is 2. The summed E-state index contributed by atoms with van der Waals surface area (Å²) in [5.41, 5.74) is 4.23. The maximum Gasteiger partial charge on any atom is 0.407 e. The first kappa shape index (κ1) is 23.9. The van der Waals surface area contributed by atoms with Gasteiger partial charge in [0.2, 0.25) is 5.91 Å². The van der Waals surface area contributed by atoms with Crippen molar-refractivity contribution in [1.29, 1.82) is 0 Å². The molecule has 0 saturated heterocycles. The first-order chi connectivity index (χ1) is 17.0. The Kier molecular flexibility index (Phi) is 7.36. The second kappa shape index (κ2) is 10.8. The van der Waals surface area contributed by atoms with Gasteiger partial charge < -0.3 is 25.2 Å². The number of amides is 2. The molecule has 0 aliphatic heterocycles. The van der Waals surface area contributed by atoms with Gasteiger partial charge in [0.05, 0.1) is 19.3 Å². The van der Waals surface area contributed by atoms with E-state index in [9.17, 15) is 14.4 Å². The summed E-state index contributed by atoms with van der Waals surface area (Å²) in [5, 5.41) is 21.3. The van der Waals surface area contributed by atoms with E-state index in [2.05, 4.69) is 33.1 Å². The summed E-state index contributed by atoms with van der Waals surface area (Å²) in [6, 6.07) is 15.1. The van der Waals surface area contributed by atoms with Crippen LogP contribution >= 0.6 is 0 Å². The third-order valence-corrected chi connectivity index (χ3v) is 5.68. The van der Waals surface area contributed by atoms with Crippen LogP contribution in [0.2, 0.25) is 0 Å². The lowest BCUT2D eigenvalue weighted by atomic mass is 9.98. The molecule has 1 aromatic heterocycles. The molecule has 0 saturated carbocycles. The zero-order chi connectivity index (χ0) is 24.8. The third-order valence-electron chi connectivity index (χ3n) is 5.68. The third kappa shape index (κ3) is 5.46. The number of hydrogen-bond acceptors (Lipinski definition) is 7. The van der Waals surface area contributed by atoms with Crippen molar-refractivity contribution in [2.24, 2.45) is 0 Å². The molecular weight excluding hydrogens is 454 g/mol. The molecule has 35 heavy (non-hydrogen) atoms. The minimum atomic E-state index is -1.19. The first-order valence-corrected chi connectivity index (χ1v) is 11.0. The molecule has 1 heterocycles. The summed E-state index contributed by atoms with van der Waals surface area (Å²) in [6.45, 7) is 0.423. The number of nitrogens with one attached hydrogen (secondary N) is 2. The van der Waals surface area contributed by atoms with E-state index in [1.807, 2.05) is 36.4 Å². The molecule has 3 N–H and O–H groups in total. The standard InChI is InChI=1S/C24H25N5O6/c1-34-14-21(22(30)25-10-11-29-12-20(23(31)32)27-28-29)26-24(33)35-13-19-17-8-4-2-6-15(17)16-7-3-5-9-18(16)19/h2-9,12,19,21H,10-11,13-14H2,1H3,(H,25,30)(H,26,33)(H,31,32). The van der Waals surface area contributed by atoms with E-state index >= 15 is 0 Å². The lowest BCUT2D eigenvalue weighted by Crippen LogP contribution is -2.50. The van der Waals surface area contributed by atoms with E-state index in [1.165, 1.54) is 18.0 Å². The molecule has 11 heteroatoms. The van der Waals surface area contributed by atoms with Gasteiger partial charge >= 0.3 is 12.1 Å². The fourth-order valence-corrected chi connectivity index (χ4v) is 4.05. The zero-order valence-corrected chi connectivity index (χ0v) is 19.0. The molecule has 1 unspecified atom stereocenters. The van der Waals surface area contributed by atoms with Gasteiger partial charge in [-0.3, -0.25) is 4.79 Å². The molecule has 182 valence electrons. The van der Waals surface area contributed by atoms with Gasteiger partial charge in [-0.2, -0.15) is 0 Å². The first-order valence-electron chi connectivity index (χ1n) is 11.0. The minimum absolute atomic E-state index is 0.0531. The number of hydrogen-bond donors (Lipinski definition) is 3. The second-order valence-corrected chi connectivity index (χ2v) is 7.94. The van der Waals surface area contributed by atoms with Gasteiger partial charge in [-0.1, -0.05) is 53.7 Å². The molecule has 2 aromatic carbocycles. The van der Waals surface area contributed by atoms with Crippen LogP contribution in [0.5, 0.6) is 0 Å². The number of nitrogens with zero attached hydrogens (tertiary/aromatic N) is 3. The summed E-state index contributed by atoms with van der Waals surface area (Å²) in [4.78, 5) is 36.0. The Hall–Kier alpha value is -4.25. The monoisotopic (exact) mass is 479 g/mol. The molecule has 3 aromatic rings. The number of rotatable bonds is 10. The van der Waals surface area contributed by atoms with E-state index in [4.69, 9.17) is 14.6 Å². The number of aromatic carboxylic acids is 1. The molecule has 0 bridgehead atoms. The van der Waals surface area contributed by atoms with Crippen LogP contribution in [0, 0.1) is 0 Å². The van der Waals surface area contributed by atoms with Crippen molar-refractivity contribution in [3.63, 3.8) is 0 Å². The number of alkyl carbamates (subject to hydrolysis) is 1. The number of aromatic nitrogens is 3. The lowest BCUT2D eigenvalue weighted by molar-refractivity contribution is -0.124. The van der Waals surface area contributed by atoms with Crippen molar-refractivity contribution in [2.75, 3.05) is 26.9 Å². The highest BCUT2D eigenvalue weighted by Crippen LogP contribution is 2.44. The predicted octanol–water partition coefficient (Wildman–Crippen LogP) is 1.65. The maximum atomic E-state index is 12.6. The Morgan fingerprint density at radius 3 is 2.34 bits per heavy atom. The van der Waals surface area contributed by atoms with Gasteiger partial charge in [0.25, 0.3) is 0 Å². The van der Waals surface area contributed by atoms with Crippen LogP contribution in [0.4, 0.5) is 4.79 Å². The lowest BCUT2D eigenvalue weighted by Gasteiger charge is -2.19. The number of methoxy groups -OCH3 is 1. The number of carbonyl (C=O) groups excluding carboxylic acids is 2. The Labute approximate surface area is 201 Å². The molecule has 1 aliphatic rings. The van der Waals surface area contributed by atoms with Crippen molar-refractivity contribution in [2.45, 2.75) is 18.5 Å². The smallest absolute Gasteiger partial charge is 0.407 e. The number of carbonyl (C=O) groups is 3. The highest BCUT2D eigenvalue weighted by molar-refractivity contribution is 5.86. The number of carboxylic acid groups (broad SMARTS) is 1. The molecule has 0 fully saturated rings. The van der Waals surface area contributed by atoms with E-state index in [1.54, 1.807) is 0 Å². The summed E-state index contributed by atoms with van der Waals surface area (Å²) in [5.74, 6) is -1.76. The minimum Gasteiger partial charge on any atom is -0.476 e. The average molecular weight is 479 g/mol. The molecule has 4 rings (SSSR count). The van der Waals surface area contributed by atoms with Crippen molar-refractivity contribution in [3.8, 4) is 11.1 Å². The molecule has 1 atom stereocenters. The Bertz CT molecular complexity index is 1180. The van der Waals surface area contributed by atoms with E-state index in [0.717, 1.165) is 22.3 Å². The Morgan fingerprint density at radius 2 is 1.74 bits per heavy atom. The van der Waals surface area contributed by atoms with E-state index in [0.29, 0.717) is 0 Å². The van der Waals surface area contributed by atoms with Crippen molar-refractivity contribution < 1.29 is 29.0 Å².